The van der Waals surface area contributed by atoms with Gasteiger partial charge in [0.05, 0.1) is 10.0 Å². The number of nitrogens with one attached hydrogen (secondary N) is 1. The van der Waals surface area contributed by atoms with Crippen LogP contribution in [-0.4, -0.2) is 23.1 Å². The number of thiocarbonyl (C=S) groups is 1. The Hall–Kier alpha value is -0.510. The predicted molar refractivity (Wildman–Crippen MR) is 82.7 cm³/mol. The molecule has 1 aromatic carbocycles. The third-order valence-electron chi connectivity index (χ3n) is 3.06. The van der Waals surface area contributed by atoms with E-state index in [0.717, 1.165) is 23.9 Å². The lowest BCUT2D eigenvalue weighted by atomic mass is 10.2. The van der Waals surface area contributed by atoms with E-state index in [1.54, 1.807) is 12.1 Å². The van der Waals surface area contributed by atoms with Crippen molar-refractivity contribution < 1.29 is 0 Å². The van der Waals surface area contributed by atoms with Gasteiger partial charge in [-0.15, -0.1) is 0 Å². The van der Waals surface area contributed by atoms with Gasteiger partial charge in [-0.2, -0.15) is 0 Å². The Kier molecular flexibility index (Phi) is 5.10. The van der Waals surface area contributed by atoms with E-state index in [0.29, 0.717) is 10.0 Å². The number of halogens is 2. The fourth-order valence-corrected chi connectivity index (χ4v) is 2.65. The Labute approximate surface area is 123 Å². The van der Waals surface area contributed by atoms with Gasteiger partial charge in [-0.1, -0.05) is 36.0 Å². The van der Waals surface area contributed by atoms with Crippen LogP contribution in [0.15, 0.2) is 18.2 Å². The molecule has 1 saturated heterocycles. The highest BCUT2D eigenvalue weighted by atomic mass is 35.5. The van der Waals surface area contributed by atoms with Gasteiger partial charge in [-0.05, 0) is 43.3 Å². The molecule has 1 aromatic rings. The number of anilines is 1. The maximum Gasteiger partial charge on any atom is 0.173 e. The molecule has 18 heavy (non-hydrogen) atoms. The zero-order chi connectivity index (χ0) is 13.0. The van der Waals surface area contributed by atoms with Crippen LogP contribution in [0.4, 0.5) is 5.69 Å². The Morgan fingerprint density at radius 2 is 1.72 bits per heavy atom. The van der Waals surface area contributed by atoms with Crippen molar-refractivity contribution in [1.29, 1.82) is 0 Å². The SMILES string of the molecule is S=C(Nc1ccc(Cl)c(Cl)c1)N1CCCCCC1. The van der Waals surface area contributed by atoms with Gasteiger partial charge in [0, 0.05) is 18.8 Å². The molecular formula is C13H16Cl2N2S. The number of benzene rings is 1. The summed E-state index contributed by atoms with van der Waals surface area (Å²) in [5, 5.41) is 5.10. The average Bonchev–Trinajstić information content (AvgIpc) is 2.62. The third kappa shape index (κ3) is 3.74. The lowest BCUT2D eigenvalue weighted by Gasteiger charge is -2.24. The summed E-state index contributed by atoms with van der Waals surface area (Å²) in [6.07, 6.45) is 5.02. The van der Waals surface area contributed by atoms with Gasteiger partial charge in [0.25, 0.3) is 0 Å². The van der Waals surface area contributed by atoms with E-state index < -0.39 is 0 Å². The van der Waals surface area contributed by atoms with Crippen molar-refractivity contribution >= 4 is 46.2 Å². The fraction of sp³-hybridized carbons (Fsp3) is 0.462. The molecule has 1 aliphatic heterocycles. The van der Waals surface area contributed by atoms with Crippen LogP contribution in [0.1, 0.15) is 25.7 Å². The summed E-state index contributed by atoms with van der Waals surface area (Å²) in [5.41, 5.74) is 0.888. The Bertz CT molecular complexity index is 429. The molecule has 2 nitrogen and oxygen atoms in total. The minimum Gasteiger partial charge on any atom is -0.349 e. The quantitative estimate of drug-likeness (QED) is 0.765. The molecule has 5 heteroatoms. The van der Waals surface area contributed by atoms with Crippen molar-refractivity contribution in [2.75, 3.05) is 18.4 Å². The smallest absolute Gasteiger partial charge is 0.173 e. The van der Waals surface area contributed by atoms with Crippen molar-refractivity contribution in [2.45, 2.75) is 25.7 Å². The third-order valence-corrected chi connectivity index (χ3v) is 4.16. The van der Waals surface area contributed by atoms with Gasteiger partial charge in [0.2, 0.25) is 0 Å². The van der Waals surface area contributed by atoms with E-state index in [2.05, 4.69) is 10.2 Å². The molecule has 98 valence electrons. The zero-order valence-corrected chi connectivity index (χ0v) is 12.4. The van der Waals surface area contributed by atoms with Crippen LogP contribution in [0.5, 0.6) is 0 Å². The van der Waals surface area contributed by atoms with Crippen LogP contribution >= 0.6 is 35.4 Å². The van der Waals surface area contributed by atoms with Crippen molar-refractivity contribution in [3.63, 3.8) is 0 Å². The van der Waals surface area contributed by atoms with Gasteiger partial charge in [0.1, 0.15) is 0 Å². The molecular weight excluding hydrogens is 287 g/mol. The lowest BCUT2D eigenvalue weighted by Crippen LogP contribution is -2.35. The van der Waals surface area contributed by atoms with Crippen molar-refractivity contribution in [1.82, 2.24) is 4.90 Å². The molecule has 0 atom stereocenters. The van der Waals surface area contributed by atoms with Crippen LogP contribution in [0, 0.1) is 0 Å². The van der Waals surface area contributed by atoms with E-state index in [1.165, 1.54) is 25.7 Å². The topological polar surface area (TPSA) is 15.3 Å². The number of hydrogen-bond acceptors (Lipinski definition) is 1. The molecule has 1 fully saturated rings. The minimum absolute atomic E-state index is 0.542. The Balaban J connectivity index is 1.99. The summed E-state index contributed by atoms with van der Waals surface area (Å²) in [4.78, 5) is 2.23. The van der Waals surface area contributed by atoms with Gasteiger partial charge >= 0.3 is 0 Å². The van der Waals surface area contributed by atoms with Gasteiger partial charge in [0.15, 0.2) is 5.11 Å². The van der Waals surface area contributed by atoms with Crippen LogP contribution < -0.4 is 5.32 Å². The van der Waals surface area contributed by atoms with E-state index in [-0.39, 0.29) is 0 Å². The molecule has 0 radical (unpaired) electrons. The number of rotatable bonds is 1. The average molecular weight is 303 g/mol. The van der Waals surface area contributed by atoms with Crippen LogP contribution in [-0.2, 0) is 0 Å². The highest BCUT2D eigenvalue weighted by Gasteiger charge is 2.12. The standard InChI is InChI=1S/C13H16Cl2N2S/c14-11-6-5-10(9-12(11)15)16-13(18)17-7-3-1-2-4-8-17/h5-6,9H,1-4,7-8H2,(H,16,18). The largest absolute Gasteiger partial charge is 0.349 e. The molecule has 0 saturated carbocycles. The summed E-state index contributed by atoms with van der Waals surface area (Å²) in [5.74, 6) is 0. The second-order valence-corrected chi connectivity index (χ2v) is 5.66. The molecule has 0 aromatic heterocycles. The first-order valence-electron chi connectivity index (χ1n) is 6.18. The lowest BCUT2D eigenvalue weighted by molar-refractivity contribution is 0.441. The molecule has 0 spiro atoms. The first-order valence-corrected chi connectivity index (χ1v) is 7.34. The van der Waals surface area contributed by atoms with E-state index in [4.69, 9.17) is 35.4 Å². The molecule has 0 bridgehead atoms. The van der Waals surface area contributed by atoms with Crippen molar-refractivity contribution in [3.8, 4) is 0 Å². The monoisotopic (exact) mass is 302 g/mol. The highest BCUT2D eigenvalue weighted by Crippen LogP contribution is 2.25. The number of likely N-dealkylation sites (tertiary alicyclic amines) is 1. The van der Waals surface area contributed by atoms with E-state index in [1.807, 2.05) is 6.07 Å². The fourth-order valence-electron chi connectivity index (χ4n) is 2.05. The molecule has 1 heterocycles. The normalized spacial score (nSPS) is 16.2. The summed E-state index contributed by atoms with van der Waals surface area (Å²) >= 11 is 17.3. The van der Waals surface area contributed by atoms with Gasteiger partial charge in [-0.3, -0.25) is 0 Å². The summed E-state index contributed by atoms with van der Waals surface area (Å²) in [6, 6.07) is 5.46. The van der Waals surface area contributed by atoms with Crippen LogP contribution in [0.25, 0.3) is 0 Å². The maximum atomic E-state index is 5.98. The minimum atomic E-state index is 0.542. The molecule has 1 N–H and O–H groups in total. The van der Waals surface area contributed by atoms with Crippen LogP contribution in [0.2, 0.25) is 10.0 Å². The summed E-state index contributed by atoms with van der Waals surface area (Å²) in [7, 11) is 0. The predicted octanol–water partition coefficient (Wildman–Crippen LogP) is 4.57. The Morgan fingerprint density at radius 1 is 1.06 bits per heavy atom. The Morgan fingerprint density at radius 3 is 2.33 bits per heavy atom. The molecule has 0 aliphatic carbocycles. The van der Waals surface area contributed by atoms with Crippen LogP contribution in [0.3, 0.4) is 0 Å². The van der Waals surface area contributed by atoms with E-state index >= 15 is 0 Å². The zero-order valence-electron chi connectivity index (χ0n) is 10.1. The molecule has 0 unspecified atom stereocenters. The second kappa shape index (κ2) is 6.60. The number of hydrogen-bond donors (Lipinski definition) is 1. The molecule has 2 rings (SSSR count). The summed E-state index contributed by atoms with van der Waals surface area (Å²) in [6.45, 7) is 2.07. The molecule has 1 aliphatic rings. The second-order valence-electron chi connectivity index (χ2n) is 4.46. The van der Waals surface area contributed by atoms with Crippen molar-refractivity contribution in [2.24, 2.45) is 0 Å². The van der Waals surface area contributed by atoms with Crippen molar-refractivity contribution in [3.05, 3.63) is 28.2 Å². The number of nitrogens with zero attached hydrogens (tertiary/aromatic N) is 1. The summed E-state index contributed by atoms with van der Waals surface area (Å²) < 4.78 is 0. The highest BCUT2D eigenvalue weighted by molar-refractivity contribution is 7.80. The molecule has 0 amide bonds. The maximum absolute atomic E-state index is 5.98. The first-order chi connectivity index (χ1) is 8.66. The first kappa shape index (κ1) is 13.9. The van der Waals surface area contributed by atoms with Gasteiger partial charge in [-0.25, -0.2) is 0 Å². The van der Waals surface area contributed by atoms with E-state index in [9.17, 15) is 0 Å². The van der Waals surface area contributed by atoms with Gasteiger partial charge < -0.3 is 10.2 Å².